The van der Waals surface area contributed by atoms with Crippen molar-refractivity contribution in [3.8, 4) is 11.3 Å². The monoisotopic (exact) mass is 404 g/mol. The van der Waals surface area contributed by atoms with Gasteiger partial charge in [0.15, 0.2) is 17.3 Å². The van der Waals surface area contributed by atoms with Crippen LogP contribution in [0.25, 0.3) is 22.3 Å². The van der Waals surface area contributed by atoms with E-state index in [1.165, 1.54) is 27.3 Å². The summed E-state index contributed by atoms with van der Waals surface area (Å²) >= 11 is 2.10. The molecule has 0 saturated heterocycles. The van der Waals surface area contributed by atoms with Gasteiger partial charge >= 0.3 is 0 Å². The second-order valence-corrected chi connectivity index (χ2v) is 5.74. The molecule has 0 aliphatic heterocycles. The van der Waals surface area contributed by atoms with Crippen molar-refractivity contribution in [3.63, 3.8) is 0 Å². The summed E-state index contributed by atoms with van der Waals surface area (Å²) in [5, 5.41) is 0.604. The van der Waals surface area contributed by atoms with Gasteiger partial charge in [-0.1, -0.05) is 0 Å². The number of nitrogen functional groups attached to an aromatic ring is 1. The topological polar surface area (TPSA) is 56.7 Å². The Morgan fingerprint density at radius 3 is 2.80 bits per heavy atom. The zero-order valence-electron chi connectivity index (χ0n) is 9.85. The van der Waals surface area contributed by atoms with Crippen LogP contribution in [0.5, 0.6) is 0 Å². The molecule has 0 spiro atoms. The Morgan fingerprint density at radius 2 is 2.10 bits per heavy atom. The van der Waals surface area contributed by atoms with Gasteiger partial charge in [0, 0.05) is 47.5 Å². The Bertz CT molecular complexity index is 805. The van der Waals surface area contributed by atoms with E-state index in [1.54, 1.807) is 10.2 Å². The molecule has 0 atom stereocenters. The van der Waals surface area contributed by atoms with Crippen LogP contribution in [0.4, 0.5) is 14.6 Å². The van der Waals surface area contributed by atoms with Crippen LogP contribution in [0.1, 0.15) is 0 Å². The van der Waals surface area contributed by atoms with Crippen molar-refractivity contribution >= 4 is 47.2 Å². The van der Waals surface area contributed by atoms with E-state index in [1.807, 2.05) is 0 Å². The Balaban J connectivity index is 2.29. The Morgan fingerprint density at radius 1 is 1.30 bits per heavy atom. The molecular weight excluding hydrogens is 397 g/mol. The highest BCUT2D eigenvalue weighted by molar-refractivity contribution is 14.2. The molecule has 102 valence electrons. The van der Waals surface area contributed by atoms with E-state index in [9.17, 15) is 8.78 Å². The summed E-state index contributed by atoms with van der Waals surface area (Å²) in [7, 11) is 1.40. The minimum Gasteiger partial charge on any atom is -0.381 e. The highest BCUT2D eigenvalue weighted by Gasteiger charge is 2.14. The fourth-order valence-electron chi connectivity index (χ4n) is 1.92. The number of aromatic nitrogens is 3. The van der Waals surface area contributed by atoms with Gasteiger partial charge < -0.3 is 5.73 Å². The van der Waals surface area contributed by atoms with Crippen molar-refractivity contribution in [2.24, 2.45) is 0 Å². The van der Waals surface area contributed by atoms with Crippen LogP contribution in [0.15, 0.2) is 30.6 Å². The molecule has 3 aromatic heterocycles. The van der Waals surface area contributed by atoms with Gasteiger partial charge in [-0.3, -0.25) is 3.97 Å². The largest absolute Gasteiger partial charge is 0.381 e. The second-order valence-electron chi connectivity index (χ2n) is 4.03. The number of hydrogen-bond donors (Lipinski definition) is 1. The van der Waals surface area contributed by atoms with Gasteiger partial charge in [-0.25, -0.2) is 18.7 Å². The number of nitrogens with zero attached hydrogens (tertiary/aromatic N) is 3. The summed E-state index contributed by atoms with van der Waals surface area (Å²) in [4.78, 5) is 8.06. The lowest BCUT2D eigenvalue weighted by Gasteiger charge is -2.01. The van der Waals surface area contributed by atoms with Crippen LogP contribution < -0.4 is 5.73 Å². The molecule has 0 saturated carbocycles. The molecule has 0 unspecified atom stereocenters. The van der Waals surface area contributed by atoms with Gasteiger partial charge in [0.25, 0.3) is 0 Å². The molecular formula is C12H7F2IN4S. The first-order chi connectivity index (χ1) is 9.60. The van der Waals surface area contributed by atoms with E-state index in [0.717, 1.165) is 6.20 Å². The third-order valence-corrected chi connectivity index (χ3v) is 4.50. The summed E-state index contributed by atoms with van der Waals surface area (Å²) < 4.78 is 28.4. The zero-order valence-corrected chi connectivity index (χ0v) is 12.8. The molecule has 8 heteroatoms. The molecule has 0 amide bonds. The molecule has 3 rings (SSSR count). The fourth-order valence-corrected chi connectivity index (χ4v) is 3.18. The average Bonchev–Trinajstić information content (AvgIpc) is 2.79. The van der Waals surface area contributed by atoms with Crippen LogP contribution in [-0.2, 0) is 0 Å². The van der Waals surface area contributed by atoms with E-state index in [2.05, 4.69) is 31.2 Å². The number of halogens is 3. The third-order valence-electron chi connectivity index (χ3n) is 2.80. The normalized spacial score (nSPS) is 11.2. The van der Waals surface area contributed by atoms with Crippen molar-refractivity contribution in [1.29, 1.82) is 0 Å². The number of hydrogen-bond acceptors (Lipinski definition) is 4. The molecule has 20 heavy (non-hydrogen) atoms. The van der Waals surface area contributed by atoms with Gasteiger partial charge in [0.05, 0.1) is 11.9 Å². The van der Waals surface area contributed by atoms with Crippen molar-refractivity contribution in [2.45, 2.75) is 0 Å². The number of anilines is 1. The standard InChI is InChI=1S/C12H7F2IN4S/c13-6-3-7-8(5-19(20-15)12(7)17-4-6)10-2-1-9(14)11(16)18-10/h1-5H,(H2,16,18). The highest BCUT2D eigenvalue weighted by Crippen LogP contribution is 2.33. The van der Waals surface area contributed by atoms with E-state index in [4.69, 9.17) is 5.73 Å². The quantitative estimate of drug-likeness (QED) is 0.661. The van der Waals surface area contributed by atoms with E-state index in [0.29, 0.717) is 22.3 Å². The smallest absolute Gasteiger partial charge is 0.165 e. The first kappa shape index (κ1) is 13.6. The van der Waals surface area contributed by atoms with Gasteiger partial charge in [0.1, 0.15) is 5.82 Å². The van der Waals surface area contributed by atoms with Crippen LogP contribution in [-0.4, -0.2) is 13.9 Å². The SMILES string of the molecule is Nc1nc(-c2cn(SI)c3ncc(F)cc23)ccc1F. The minimum atomic E-state index is -0.579. The van der Waals surface area contributed by atoms with Gasteiger partial charge in [-0.15, -0.1) is 0 Å². The molecule has 0 aliphatic carbocycles. The molecule has 4 nitrogen and oxygen atoms in total. The minimum absolute atomic E-state index is 0.185. The van der Waals surface area contributed by atoms with Crippen molar-refractivity contribution in [2.75, 3.05) is 5.73 Å². The van der Waals surface area contributed by atoms with Crippen LogP contribution in [0, 0.1) is 11.6 Å². The third kappa shape index (κ3) is 2.22. The molecule has 3 aromatic rings. The van der Waals surface area contributed by atoms with Crippen LogP contribution in [0.3, 0.4) is 0 Å². The fraction of sp³-hybridized carbons (Fsp3) is 0. The lowest BCUT2D eigenvalue weighted by molar-refractivity contribution is 0.624. The molecule has 2 N–H and O–H groups in total. The van der Waals surface area contributed by atoms with E-state index >= 15 is 0 Å². The Labute approximate surface area is 129 Å². The first-order valence-electron chi connectivity index (χ1n) is 5.48. The maximum Gasteiger partial charge on any atom is 0.165 e. The molecule has 0 bridgehead atoms. The van der Waals surface area contributed by atoms with E-state index < -0.39 is 11.6 Å². The molecule has 3 heterocycles. The predicted molar refractivity (Wildman–Crippen MR) is 84.3 cm³/mol. The van der Waals surface area contributed by atoms with Crippen molar-refractivity contribution in [3.05, 3.63) is 42.2 Å². The summed E-state index contributed by atoms with van der Waals surface area (Å²) in [6.07, 6.45) is 2.93. The summed E-state index contributed by atoms with van der Waals surface area (Å²) in [5.41, 5.74) is 7.23. The van der Waals surface area contributed by atoms with Gasteiger partial charge in [-0.05, 0) is 18.2 Å². The average molecular weight is 404 g/mol. The van der Waals surface area contributed by atoms with Crippen LogP contribution >= 0.6 is 30.3 Å². The summed E-state index contributed by atoms with van der Waals surface area (Å²) in [5.74, 6) is -1.20. The second kappa shape index (κ2) is 5.17. The van der Waals surface area contributed by atoms with Gasteiger partial charge in [-0.2, -0.15) is 0 Å². The lowest BCUT2D eigenvalue weighted by atomic mass is 10.1. The molecule has 0 aromatic carbocycles. The number of fused-ring (bicyclic) bond motifs is 1. The molecule has 0 fully saturated rings. The van der Waals surface area contributed by atoms with Gasteiger partial charge in [0.2, 0.25) is 0 Å². The maximum atomic E-state index is 13.4. The highest BCUT2D eigenvalue weighted by atomic mass is 127. The Hall–Kier alpha value is -1.42. The number of pyridine rings is 2. The Kier molecular flexibility index (Phi) is 3.50. The van der Waals surface area contributed by atoms with Crippen LogP contribution in [0.2, 0.25) is 0 Å². The molecule has 0 aliphatic rings. The summed E-state index contributed by atoms with van der Waals surface area (Å²) in [6.45, 7) is 0. The predicted octanol–water partition coefficient (Wildman–Crippen LogP) is 3.81. The number of rotatable bonds is 2. The maximum absolute atomic E-state index is 13.4. The molecule has 0 radical (unpaired) electrons. The lowest BCUT2D eigenvalue weighted by Crippen LogP contribution is -1.95. The number of nitrogens with two attached hydrogens (primary N) is 1. The van der Waals surface area contributed by atoms with E-state index in [-0.39, 0.29) is 5.82 Å². The van der Waals surface area contributed by atoms with Crippen molar-refractivity contribution < 1.29 is 8.78 Å². The summed E-state index contributed by atoms with van der Waals surface area (Å²) in [6, 6.07) is 4.13. The zero-order chi connectivity index (χ0) is 14.3. The first-order valence-corrected chi connectivity index (χ1v) is 8.80. The van der Waals surface area contributed by atoms with Crippen molar-refractivity contribution in [1.82, 2.24) is 13.9 Å².